The second-order valence-corrected chi connectivity index (χ2v) is 6.95. The Balaban J connectivity index is 1.50. The molecule has 144 valence electrons. The van der Waals surface area contributed by atoms with Crippen LogP contribution in [0.2, 0.25) is 0 Å². The summed E-state index contributed by atoms with van der Waals surface area (Å²) in [6.45, 7) is 4.97. The SMILES string of the molecule is COc1ccc(OC)c(NC(=S)N2CCN(CCc3ccccc3)CC2)c1. The Morgan fingerprint density at radius 3 is 2.41 bits per heavy atom. The number of benzene rings is 2. The lowest BCUT2D eigenvalue weighted by molar-refractivity contribution is 0.185. The van der Waals surface area contributed by atoms with E-state index in [1.807, 2.05) is 18.2 Å². The topological polar surface area (TPSA) is 37.0 Å². The van der Waals surface area contributed by atoms with Crippen LogP contribution < -0.4 is 14.8 Å². The van der Waals surface area contributed by atoms with Gasteiger partial charge in [0.2, 0.25) is 0 Å². The van der Waals surface area contributed by atoms with E-state index in [0.29, 0.717) is 0 Å². The number of nitrogens with one attached hydrogen (secondary N) is 1. The summed E-state index contributed by atoms with van der Waals surface area (Å²) in [7, 11) is 3.31. The van der Waals surface area contributed by atoms with Crippen LogP contribution in [-0.4, -0.2) is 61.9 Å². The third-order valence-corrected chi connectivity index (χ3v) is 5.23. The van der Waals surface area contributed by atoms with Crippen molar-refractivity contribution in [3.63, 3.8) is 0 Å². The summed E-state index contributed by atoms with van der Waals surface area (Å²) in [5.41, 5.74) is 2.22. The van der Waals surface area contributed by atoms with Crippen molar-refractivity contribution in [2.75, 3.05) is 52.3 Å². The predicted molar refractivity (Wildman–Crippen MR) is 114 cm³/mol. The zero-order valence-electron chi connectivity index (χ0n) is 16.0. The molecule has 0 aliphatic carbocycles. The van der Waals surface area contributed by atoms with Crippen molar-refractivity contribution in [1.82, 2.24) is 9.80 Å². The van der Waals surface area contributed by atoms with Crippen LogP contribution in [-0.2, 0) is 6.42 Å². The largest absolute Gasteiger partial charge is 0.497 e. The van der Waals surface area contributed by atoms with Crippen LogP contribution in [0.3, 0.4) is 0 Å². The summed E-state index contributed by atoms with van der Waals surface area (Å²) >= 11 is 5.62. The highest BCUT2D eigenvalue weighted by Gasteiger charge is 2.19. The van der Waals surface area contributed by atoms with Crippen LogP contribution in [0.4, 0.5) is 5.69 Å². The monoisotopic (exact) mass is 385 g/mol. The first kappa shape index (κ1) is 19.5. The second-order valence-electron chi connectivity index (χ2n) is 6.56. The predicted octanol–water partition coefficient (Wildman–Crippen LogP) is 3.26. The number of anilines is 1. The summed E-state index contributed by atoms with van der Waals surface area (Å²) in [5.74, 6) is 1.52. The highest BCUT2D eigenvalue weighted by molar-refractivity contribution is 7.80. The van der Waals surface area contributed by atoms with E-state index in [1.165, 1.54) is 5.56 Å². The van der Waals surface area contributed by atoms with E-state index in [2.05, 4.69) is 45.4 Å². The molecule has 0 spiro atoms. The van der Waals surface area contributed by atoms with E-state index in [0.717, 1.165) is 61.4 Å². The van der Waals surface area contributed by atoms with Crippen LogP contribution in [0, 0.1) is 0 Å². The molecule has 5 nitrogen and oxygen atoms in total. The van der Waals surface area contributed by atoms with Crippen molar-refractivity contribution in [3.05, 3.63) is 54.1 Å². The zero-order chi connectivity index (χ0) is 19.1. The van der Waals surface area contributed by atoms with Crippen LogP contribution >= 0.6 is 12.2 Å². The Bertz CT molecular complexity index is 746. The molecule has 0 bridgehead atoms. The molecule has 1 aliphatic rings. The number of methoxy groups -OCH3 is 2. The number of piperazine rings is 1. The molecule has 6 heteroatoms. The van der Waals surface area contributed by atoms with Gasteiger partial charge in [-0.1, -0.05) is 30.3 Å². The van der Waals surface area contributed by atoms with E-state index in [-0.39, 0.29) is 0 Å². The molecule has 1 N–H and O–H groups in total. The van der Waals surface area contributed by atoms with E-state index >= 15 is 0 Å². The summed E-state index contributed by atoms with van der Waals surface area (Å²) < 4.78 is 10.7. The maximum Gasteiger partial charge on any atom is 0.173 e. The first-order chi connectivity index (χ1) is 13.2. The molecular formula is C21H27N3O2S. The lowest BCUT2D eigenvalue weighted by Gasteiger charge is -2.36. The van der Waals surface area contributed by atoms with Crippen molar-refractivity contribution in [2.45, 2.75) is 6.42 Å². The molecule has 1 saturated heterocycles. The second kappa shape index (κ2) is 9.58. The molecule has 0 amide bonds. The molecule has 1 heterocycles. The molecule has 1 aliphatic heterocycles. The molecule has 0 unspecified atom stereocenters. The number of nitrogens with zero attached hydrogens (tertiary/aromatic N) is 2. The van der Waals surface area contributed by atoms with E-state index < -0.39 is 0 Å². The molecule has 27 heavy (non-hydrogen) atoms. The molecule has 0 saturated carbocycles. The van der Waals surface area contributed by atoms with Gasteiger partial charge in [0.1, 0.15) is 11.5 Å². The van der Waals surface area contributed by atoms with Crippen LogP contribution in [0.25, 0.3) is 0 Å². The standard InChI is InChI=1S/C21H27N3O2S/c1-25-18-8-9-20(26-2)19(16-18)22-21(27)24-14-12-23(13-15-24)11-10-17-6-4-3-5-7-17/h3-9,16H,10-15H2,1-2H3,(H,22,27). The van der Waals surface area contributed by atoms with E-state index in [9.17, 15) is 0 Å². The summed E-state index contributed by atoms with van der Waals surface area (Å²) in [6.07, 6.45) is 1.09. The van der Waals surface area contributed by atoms with Gasteiger partial charge < -0.3 is 19.7 Å². The maximum absolute atomic E-state index is 5.62. The third-order valence-electron chi connectivity index (χ3n) is 4.87. The van der Waals surface area contributed by atoms with Crippen molar-refractivity contribution in [2.24, 2.45) is 0 Å². The van der Waals surface area contributed by atoms with Crippen LogP contribution in [0.5, 0.6) is 11.5 Å². The Kier molecular flexibility index (Phi) is 6.90. The minimum absolute atomic E-state index is 0.726. The molecule has 0 radical (unpaired) electrons. The van der Waals surface area contributed by atoms with Crippen molar-refractivity contribution in [1.29, 1.82) is 0 Å². The molecule has 2 aromatic carbocycles. The summed E-state index contributed by atoms with van der Waals surface area (Å²) in [4.78, 5) is 4.71. The van der Waals surface area contributed by atoms with Crippen molar-refractivity contribution < 1.29 is 9.47 Å². The van der Waals surface area contributed by atoms with Gasteiger partial charge >= 0.3 is 0 Å². The first-order valence-electron chi connectivity index (χ1n) is 9.24. The smallest absolute Gasteiger partial charge is 0.173 e. The number of hydrogen-bond acceptors (Lipinski definition) is 4. The van der Waals surface area contributed by atoms with Crippen molar-refractivity contribution >= 4 is 23.0 Å². The Hall–Kier alpha value is -2.31. The highest BCUT2D eigenvalue weighted by Crippen LogP contribution is 2.29. The molecule has 1 fully saturated rings. The maximum atomic E-state index is 5.62. The van der Waals surface area contributed by atoms with Crippen molar-refractivity contribution in [3.8, 4) is 11.5 Å². The van der Waals surface area contributed by atoms with E-state index in [4.69, 9.17) is 21.7 Å². The van der Waals surface area contributed by atoms with E-state index in [1.54, 1.807) is 14.2 Å². The number of hydrogen-bond donors (Lipinski definition) is 1. The van der Waals surface area contributed by atoms with Gasteiger partial charge in [-0.05, 0) is 36.3 Å². The Labute approximate surface area is 166 Å². The van der Waals surface area contributed by atoms with Gasteiger partial charge in [0.25, 0.3) is 0 Å². The van der Waals surface area contributed by atoms with Crippen LogP contribution in [0.1, 0.15) is 5.56 Å². The van der Waals surface area contributed by atoms with Gasteiger partial charge in [-0.15, -0.1) is 0 Å². The highest BCUT2D eigenvalue weighted by atomic mass is 32.1. The third kappa shape index (κ3) is 5.34. The van der Waals surface area contributed by atoms with Gasteiger partial charge in [-0.3, -0.25) is 4.90 Å². The fourth-order valence-corrected chi connectivity index (χ4v) is 3.51. The summed E-state index contributed by atoms with van der Waals surface area (Å²) in [5, 5.41) is 4.04. The van der Waals surface area contributed by atoms with Gasteiger partial charge in [0.05, 0.1) is 19.9 Å². The molecule has 3 rings (SSSR count). The molecular weight excluding hydrogens is 358 g/mol. The van der Waals surface area contributed by atoms with Gasteiger partial charge in [0, 0.05) is 38.8 Å². The number of ether oxygens (including phenoxy) is 2. The normalized spacial score (nSPS) is 14.7. The van der Waals surface area contributed by atoms with Gasteiger partial charge in [0.15, 0.2) is 5.11 Å². The minimum Gasteiger partial charge on any atom is -0.497 e. The molecule has 2 aromatic rings. The van der Waals surface area contributed by atoms with Crippen LogP contribution in [0.15, 0.2) is 48.5 Å². The number of rotatable bonds is 6. The van der Waals surface area contributed by atoms with Gasteiger partial charge in [-0.2, -0.15) is 0 Å². The average molecular weight is 386 g/mol. The lowest BCUT2D eigenvalue weighted by Crippen LogP contribution is -2.50. The lowest BCUT2D eigenvalue weighted by atomic mass is 10.1. The number of thiocarbonyl (C=S) groups is 1. The first-order valence-corrected chi connectivity index (χ1v) is 9.64. The summed E-state index contributed by atoms with van der Waals surface area (Å²) in [6, 6.07) is 16.3. The quantitative estimate of drug-likeness (QED) is 0.770. The average Bonchev–Trinajstić information content (AvgIpc) is 2.73. The Morgan fingerprint density at radius 2 is 1.74 bits per heavy atom. The zero-order valence-corrected chi connectivity index (χ0v) is 16.8. The Morgan fingerprint density at radius 1 is 1.00 bits per heavy atom. The molecule has 0 atom stereocenters. The molecule has 0 aromatic heterocycles. The van der Waals surface area contributed by atoms with Gasteiger partial charge in [-0.25, -0.2) is 0 Å². The fraction of sp³-hybridized carbons (Fsp3) is 0.381. The minimum atomic E-state index is 0.726. The fourth-order valence-electron chi connectivity index (χ4n) is 3.21.